The largest absolute Gasteiger partial charge is 1.00 e. The summed E-state index contributed by atoms with van der Waals surface area (Å²) in [5.74, 6) is 0.363. The second-order valence-corrected chi connectivity index (χ2v) is 9.14. The van der Waals surface area contributed by atoms with Gasteiger partial charge in [-0.05, 0) is 28.5 Å². The van der Waals surface area contributed by atoms with E-state index < -0.39 is 0 Å². The van der Waals surface area contributed by atoms with Crippen LogP contribution in [-0.2, 0) is 5.41 Å². The SMILES string of the molecule is [Br-].c1csc(C2(c3cccs3)CC3c4ccccc4C2c2cccc[n+]23)c1. The van der Waals surface area contributed by atoms with E-state index in [9.17, 15) is 0 Å². The molecule has 1 aliphatic carbocycles. The van der Waals surface area contributed by atoms with Gasteiger partial charge in [-0.15, -0.1) is 22.7 Å². The highest BCUT2D eigenvalue weighted by Gasteiger charge is 2.60. The molecule has 3 aromatic heterocycles. The van der Waals surface area contributed by atoms with E-state index in [-0.39, 0.29) is 22.4 Å². The molecule has 4 aromatic rings. The highest BCUT2D eigenvalue weighted by Crippen LogP contribution is 2.60. The second kappa shape index (κ2) is 6.40. The third kappa shape index (κ3) is 2.24. The van der Waals surface area contributed by atoms with Crippen LogP contribution < -0.4 is 21.5 Å². The zero-order valence-corrected chi connectivity index (χ0v) is 17.8. The molecule has 3 aliphatic rings. The van der Waals surface area contributed by atoms with E-state index >= 15 is 0 Å². The summed E-state index contributed by atoms with van der Waals surface area (Å²) >= 11 is 3.83. The molecule has 2 atom stereocenters. The van der Waals surface area contributed by atoms with Gasteiger partial charge in [-0.3, -0.25) is 0 Å². The van der Waals surface area contributed by atoms with Crippen molar-refractivity contribution in [2.24, 2.45) is 0 Å². The molecule has 0 spiro atoms. The predicted molar refractivity (Wildman–Crippen MR) is 107 cm³/mol. The Kier molecular flexibility index (Phi) is 4.12. The summed E-state index contributed by atoms with van der Waals surface area (Å²) in [4.78, 5) is 3.00. The molecule has 27 heavy (non-hydrogen) atoms. The first kappa shape index (κ1) is 17.4. The van der Waals surface area contributed by atoms with Crippen LogP contribution in [-0.4, -0.2) is 0 Å². The van der Waals surface area contributed by atoms with Crippen LogP contribution in [0.15, 0.2) is 83.7 Å². The Balaban J connectivity index is 0.00000160. The van der Waals surface area contributed by atoms with Crippen molar-refractivity contribution in [3.63, 3.8) is 0 Å². The molecule has 7 rings (SSSR count). The van der Waals surface area contributed by atoms with Crippen molar-refractivity contribution in [1.29, 1.82) is 0 Å². The second-order valence-electron chi connectivity index (χ2n) is 7.24. The fourth-order valence-corrected chi connectivity index (χ4v) is 7.23. The molecule has 5 heterocycles. The third-order valence-electron chi connectivity index (χ3n) is 6.15. The van der Waals surface area contributed by atoms with Gasteiger partial charge in [0.1, 0.15) is 0 Å². The van der Waals surface area contributed by atoms with E-state index in [2.05, 4.69) is 88.3 Å². The number of thiophene rings is 2. The van der Waals surface area contributed by atoms with Gasteiger partial charge in [0.25, 0.3) is 0 Å². The van der Waals surface area contributed by atoms with Crippen molar-refractivity contribution >= 4 is 22.7 Å². The minimum atomic E-state index is 0. The lowest BCUT2D eigenvalue weighted by Crippen LogP contribution is -3.00. The van der Waals surface area contributed by atoms with E-state index in [0.29, 0.717) is 12.0 Å². The Bertz CT molecular complexity index is 1000. The normalized spacial score (nSPS) is 21.2. The van der Waals surface area contributed by atoms with Crippen LogP contribution in [0.1, 0.15) is 45.0 Å². The number of hydrogen-bond donors (Lipinski definition) is 0. The van der Waals surface area contributed by atoms with Gasteiger partial charge in [0, 0.05) is 33.9 Å². The Morgan fingerprint density at radius 2 is 1.44 bits per heavy atom. The van der Waals surface area contributed by atoms with Crippen LogP contribution in [0.2, 0.25) is 0 Å². The Hall–Kier alpha value is -1.75. The first-order valence-corrected chi connectivity index (χ1v) is 10.8. The van der Waals surface area contributed by atoms with Gasteiger partial charge in [0.05, 0.1) is 11.3 Å². The summed E-state index contributed by atoms with van der Waals surface area (Å²) in [6.45, 7) is 0. The molecule has 2 bridgehead atoms. The molecule has 2 unspecified atom stereocenters. The first-order chi connectivity index (χ1) is 12.9. The van der Waals surface area contributed by atoms with Crippen molar-refractivity contribution in [1.82, 2.24) is 0 Å². The van der Waals surface area contributed by atoms with Crippen molar-refractivity contribution in [3.05, 3.63) is 110 Å². The minimum absolute atomic E-state index is 0. The monoisotopic (exact) mass is 451 g/mol. The summed E-state index contributed by atoms with van der Waals surface area (Å²) < 4.78 is 2.52. The van der Waals surface area contributed by atoms with Gasteiger partial charge in [-0.2, -0.15) is 4.57 Å². The smallest absolute Gasteiger partial charge is 0.190 e. The van der Waals surface area contributed by atoms with Crippen LogP contribution in [0.25, 0.3) is 0 Å². The fourth-order valence-electron chi connectivity index (χ4n) is 5.21. The maximum Gasteiger partial charge on any atom is 0.190 e. The van der Waals surface area contributed by atoms with Crippen LogP contribution in [0.4, 0.5) is 0 Å². The van der Waals surface area contributed by atoms with Crippen LogP contribution in [0.3, 0.4) is 0 Å². The summed E-state index contributed by atoms with van der Waals surface area (Å²) in [5.41, 5.74) is 4.51. The highest BCUT2D eigenvalue weighted by molar-refractivity contribution is 7.11. The molecular weight excluding hydrogens is 434 g/mol. The van der Waals surface area contributed by atoms with E-state index in [0.717, 1.165) is 6.42 Å². The van der Waals surface area contributed by atoms with Gasteiger partial charge in [0.15, 0.2) is 17.9 Å². The lowest BCUT2D eigenvalue weighted by molar-refractivity contribution is -0.732. The van der Waals surface area contributed by atoms with Crippen molar-refractivity contribution in [3.8, 4) is 0 Å². The summed E-state index contributed by atoms with van der Waals surface area (Å²) in [5, 5.41) is 4.47. The van der Waals surface area contributed by atoms with Crippen LogP contribution in [0, 0.1) is 0 Å². The molecule has 0 saturated carbocycles. The number of aromatic nitrogens is 1. The average molecular weight is 452 g/mol. The zero-order valence-electron chi connectivity index (χ0n) is 14.6. The fraction of sp³-hybridized carbons (Fsp3) is 0.174. The molecule has 0 N–H and O–H groups in total. The van der Waals surface area contributed by atoms with Crippen molar-refractivity contribution in [2.45, 2.75) is 23.8 Å². The van der Waals surface area contributed by atoms with Gasteiger partial charge in [0.2, 0.25) is 0 Å². The molecule has 2 aliphatic heterocycles. The Labute approximate surface area is 177 Å². The standard InChI is InChI=1S/C23H18NS2.BrH/c1-2-8-17-16(7-1)19-15-23(20-10-5-13-25-20,21-11-6-14-26-21)22(17)18-9-3-4-12-24(18)19;/h1-14,19,22H,15H2;1H/q+1;/p-1. The highest BCUT2D eigenvalue weighted by atomic mass is 79.9. The van der Waals surface area contributed by atoms with Crippen molar-refractivity contribution < 1.29 is 21.5 Å². The Morgan fingerprint density at radius 1 is 0.778 bits per heavy atom. The minimum Gasteiger partial charge on any atom is -1.00 e. The summed E-state index contributed by atoms with van der Waals surface area (Å²) in [6.07, 6.45) is 3.41. The number of nitrogens with zero attached hydrogens (tertiary/aromatic N) is 1. The number of hydrogen-bond acceptors (Lipinski definition) is 2. The average Bonchev–Trinajstić information content (AvgIpc) is 3.42. The topological polar surface area (TPSA) is 3.88 Å². The lowest BCUT2D eigenvalue weighted by atomic mass is 9.57. The van der Waals surface area contributed by atoms with E-state index in [1.807, 2.05) is 22.7 Å². The van der Waals surface area contributed by atoms with Crippen LogP contribution >= 0.6 is 22.7 Å². The summed E-state index contributed by atoms with van der Waals surface area (Å²) in [6, 6.07) is 25.3. The molecule has 0 radical (unpaired) electrons. The van der Waals surface area contributed by atoms with E-state index in [1.165, 1.54) is 26.6 Å². The third-order valence-corrected chi connectivity index (χ3v) is 8.25. The molecule has 4 heteroatoms. The van der Waals surface area contributed by atoms with Crippen molar-refractivity contribution in [2.75, 3.05) is 0 Å². The van der Waals surface area contributed by atoms with Crippen LogP contribution in [0.5, 0.6) is 0 Å². The number of pyridine rings is 1. The molecule has 0 fully saturated rings. The lowest BCUT2D eigenvalue weighted by Gasteiger charge is -2.48. The van der Waals surface area contributed by atoms with Gasteiger partial charge < -0.3 is 17.0 Å². The molecule has 134 valence electrons. The van der Waals surface area contributed by atoms with Gasteiger partial charge in [-0.25, -0.2) is 0 Å². The number of halogens is 1. The number of fused-ring (bicyclic) bond motifs is 1. The molecular formula is C23H18BrNS2. The maximum absolute atomic E-state index is 2.52. The predicted octanol–water partition coefficient (Wildman–Crippen LogP) is 2.53. The van der Waals surface area contributed by atoms with Gasteiger partial charge >= 0.3 is 0 Å². The molecule has 1 nitrogen and oxygen atoms in total. The van der Waals surface area contributed by atoms with E-state index in [1.54, 1.807) is 0 Å². The quantitative estimate of drug-likeness (QED) is 0.412. The zero-order chi connectivity index (χ0) is 17.1. The molecule has 0 amide bonds. The Morgan fingerprint density at radius 3 is 2.11 bits per heavy atom. The van der Waals surface area contributed by atoms with Gasteiger partial charge in [-0.1, -0.05) is 42.5 Å². The number of benzene rings is 1. The maximum atomic E-state index is 2.52. The van der Waals surface area contributed by atoms with E-state index in [4.69, 9.17) is 0 Å². The first-order valence-electron chi connectivity index (χ1n) is 9.06. The summed E-state index contributed by atoms with van der Waals surface area (Å²) in [7, 11) is 0. The number of rotatable bonds is 2. The molecule has 0 saturated heterocycles. The molecule has 1 aromatic carbocycles.